The van der Waals surface area contributed by atoms with Crippen LogP contribution in [-0.2, 0) is 6.42 Å². The number of nitrogens with zero attached hydrogens (tertiary/aromatic N) is 1. The second-order valence-corrected chi connectivity index (χ2v) is 5.50. The lowest BCUT2D eigenvalue weighted by Crippen LogP contribution is -2.30. The number of thiazole rings is 1. The van der Waals surface area contributed by atoms with E-state index in [0.717, 1.165) is 17.1 Å². The molecule has 6 heteroatoms. The van der Waals surface area contributed by atoms with Gasteiger partial charge in [0.25, 0.3) is 0 Å². The molecule has 0 aliphatic carbocycles. The van der Waals surface area contributed by atoms with Gasteiger partial charge in [-0.2, -0.15) is 0 Å². The predicted molar refractivity (Wildman–Crippen MR) is 79.0 cm³/mol. The van der Waals surface area contributed by atoms with E-state index in [1.807, 2.05) is 12.3 Å². The molecule has 0 fully saturated rings. The summed E-state index contributed by atoms with van der Waals surface area (Å²) in [5, 5.41) is 9.14. The minimum atomic E-state index is -0.241. The van der Waals surface area contributed by atoms with E-state index < -0.39 is 0 Å². The number of rotatable bonds is 4. The van der Waals surface area contributed by atoms with Crippen LogP contribution in [0.1, 0.15) is 10.7 Å². The van der Waals surface area contributed by atoms with Crippen molar-refractivity contribution in [1.29, 1.82) is 0 Å². The predicted octanol–water partition coefficient (Wildman–Crippen LogP) is 3.47. The van der Waals surface area contributed by atoms with Gasteiger partial charge >= 0.3 is 6.03 Å². The standard InChI is InChI=1S/C13H14ClN3OS/c1-9-16-12(8-19-9)5-6-15-13(18)17-11-4-2-3-10(14)7-11/h2-4,7-8H,5-6H2,1H3,(H2,15,17,18). The molecule has 0 aliphatic rings. The minimum Gasteiger partial charge on any atom is -0.337 e. The zero-order chi connectivity index (χ0) is 13.7. The van der Waals surface area contributed by atoms with Crippen LogP contribution in [0.4, 0.5) is 10.5 Å². The molecule has 2 amide bonds. The Hall–Kier alpha value is -1.59. The van der Waals surface area contributed by atoms with Gasteiger partial charge < -0.3 is 10.6 Å². The zero-order valence-electron chi connectivity index (χ0n) is 10.4. The van der Waals surface area contributed by atoms with Gasteiger partial charge in [-0.15, -0.1) is 11.3 Å². The van der Waals surface area contributed by atoms with E-state index in [4.69, 9.17) is 11.6 Å². The lowest BCUT2D eigenvalue weighted by molar-refractivity contribution is 0.252. The third-order valence-corrected chi connectivity index (χ3v) is 3.47. The highest BCUT2D eigenvalue weighted by atomic mass is 35.5. The number of carbonyl (C=O) groups is 1. The maximum Gasteiger partial charge on any atom is 0.319 e. The van der Waals surface area contributed by atoms with Gasteiger partial charge in [0.05, 0.1) is 10.7 Å². The molecule has 1 aromatic carbocycles. The molecule has 100 valence electrons. The number of amides is 2. The summed E-state index contributed by atoms with van der Waals surface area (Å²) in [5.74, 6) is 0. The summed E-state index contributed by atoms with van der Waals surface area (Å²) in [4.78, 5) is 16.0. The fourth-order valence-electron chi connectivity index (χ4n) is 1.57. The van der Waals surface area contributed by atoms with E-state index in [1.54, 1.807) is 35.6 Å². The van der Waals surface area contributed by atoms with E-state index in [2.05, 4.69) is 15.6 Å². The van der Waals surface area contributed by atoms with Crippen LogP contribution in [0.5, 0.6) is 0 Å². The number of urea groups is 1. The second-order valence-electron chi connectivity index (χ2n) is 4.00. The molecule has 1 aromatic heterocycles. The number of carbonyl (C=O) groups excluding carboxylic acids is 1. The molecule has 2 aromatic rings. The Morgan fingerprint density at radius 2 is 2.32 bits per heavy atom. The van der Waals surface area contributed by atoms with Crippen LogP contribution in [0.25, 0.3) is 0 Å². The first-order valence-electron chi connectivity index (χ1n) is 5.85. The van der Waals surface area contributed by atoms with Crippen LogP contribution in [0, 0.1) is 6.92 Å². The first-order valence-corrected chi connectivity index (χ1v) is 7.10. The van der Waals surface area contributed by atoms with Gasteiger partial charge in [-0.1, -0.05) is 17.7 Å². The van der Waals surface area contributed by atoms with Crippen molar-refractivity contribution in [3.63, 3.8) is 0 Å². The van der Waals surface area contributed by atoms with Crippen LogP contribution in [0.3, 0.4) is 0 Å². The molecule has 0 bridgehead atoms. The molecule has 2 rings (SSSR count). The van der Waals surface area contributed by atoms with Gasteiger partial charge in [0.2, 0.25) is 0 Å². The fourth-order valence-corrected chi connectivity index (χ4v) is 2.41. The highest BCUT2D eigenvalue weighted by Gasteiger charge is 2.03. The summed E-state index contributed by atoms with van der Waals surface area (Å²) >= 11 is 7.45. The third-order valence-electron chi connectivity index (χ3n) is 2.42. The van der Waals surface area contributed by atoms with Crippen LogP contribution in [0.2, 0.25) is 5.02 Å². The number of benzene rings is 1. The monoisotopic (exact) mass is 295 g/mol. The Morgan fingerprint density at radius 3 is 3.00 bits per heavy atom. The molecule has 0 saturated carbocycles. The Kier molecular flexibility index (Phi) is 4.76. The lowest BCUT2D eigenvalue weighted by atomic mass is 10.3. The number of nitrogens with one attached hydrogen (secondary N) is 2. The zero-order valence-corrected chi connectivity index (χ0v) is 12.0. The average Bonchev–Trinajstić information content (AvgIpc) is 2.75. The van der Waals surface area contributed by atoms with Crippen LogP contribution >= 0.6 is 22.9 Å². The Morgan fingerprint density at radius 1 is 1.47 bits per heavy atom. The van der Waals surface area contributed by atoms with Crippen molar-refractivity contribution in [1.82, 2.24) is 10.3 Å². The summed E-state index contributed by atoms with van der Waals surface area (Å²) in [5.41, 5.74) is 1.68. The fraction of sp³-hybridized carbons (Fsp3) is 0.231. The van der Waals surface area contributed by atoms with Crippen LogP contribution < -0.4 is 10.6 Å². The van der Waals surface area contributed by atoms with Gasteiger partial charge in [0, 0.05) is 29.1 Å². The molecular formula is C13H14ClN3OS. The molecule has 19 heavy (non-hydrogen) atoms. The molecule has 0 atom stereocenters. The Balaban J connectivity index is 1.76. The summed E-state index contributed by atoms with van der Waals surface area (Å²) in [6.07, 6.45) is 0.729. The summed E-state index contributed by atoms with van der Waals surface area (Å²) < 4.78 is 0. The number of aromatic nitrogens is 1. The lowest BCUT2D eigenvalue weighted by Gasteiger charge is -2.07. The van der Waals surface area contributed by atoms with Crippen molar-refractivity contribution in [2.24, 2.45) is 0 Å². The number of hydrogen-bond donors (Lipinski definition) is 2. The topological polar surface area (TPSA) is 54.0 Å². The van der Waals surface area contributed by atoms with Crippen LogP contribution in [-0.4, -0.2) is 17.6 Å². The molecule has 1 heterocycles. The van der Waals surface area contributed by atoms with Crippen molar-refractivity contribution in [3.8, 4) is 0 Å². The number of halogens is 1. The van der Waals surface area contributed by atoms with Crippen molar-refractivity contribution >= 4 is 34.7 Å². The van der Waals surface area contributed by atoms with E-state index in [-0.39, 0.29) is 6.03 Å². The number of hydrogen-bond acceptors (Lipinski definition) is 3. The van der Waals surface area contributed by atoms with Crippen molar-refractivity contribution in [2.75, 3.05) is 11.9 Å². The molecule has 4 nitrogen and oxygen atoms in total. The van der Waals surface area contributed by atoms with E-state index in [1.165, 1.54) is 0 Å². The molecule has 0 unspecified atom stereocenters. The van der Waals surface area contributed by atoms with E-state index in [9.17, 15) is 4.79 Å². The van der Waals surface area contributed by atoms with E-state index in [0.29, 0.717) is 17.3 Å². The largest absolute Gasteiger partial charge is 0.337 e. The molecule has 0 spiro atoms. The first kappa shape index (κ1) is 13.8. The molecule has 0 saturated heterocycles. The molecule has 0 radical (unpaired) electrons. The third kappa shape index (κ3) is 4.54. The first-order chi connectivity index (χ1) is 9.13. The van der Waals surface area contributed by atoms with E-state index >= 15 is 0 Å². The van der Waals surface area contributed by atoms with Gasteiger partial charge in [0.1, 0.15) is 0 Å². The summed E-state index contributed by atoms with van der Waals surface area (Å²) in [6, 6.07) is 6.79. The highest BCUT2D eigenvalue weighted by Crippen LogP contribution is 2.14. The quantitative estimate of drug-likeness (QED) is 0.907. The van der Waals surface area contributed by atoms with Crippen LogP contribution in [0.15, 0.2) is 29.6 Å². The Labute approximate surface area is 120 Å². The summed E-state index contributed by atoms with van der Waals surface area (Å²) in [7, 11) is 0. The van der Waals surface area contributed by atoms with Crippen molar-refractivity contribution in [2.45, 2.75) is 13.3 Å². The van der Waals surface area contributed by atoms with Gasteiger partial charge in [-0.25, -0.2) is 9.78 Å². The molecule has 2 N–H and O–H groups in total. The van der Waals surface area contributed by atoms with Gasteiger partial charge in [0.15, 0.2) is 0 Å². The van der Waals surface area contributed by atoms with Crippen molar-refractivity contribution < 1.29 is 4.79 Å². The normalized spacial score (nSPS) is 10.2. The second kappa shape index (κ2) is 6.54. The van der Waals surface area contributed by atoms with Gasteiger partial charge in [-0.3, -0.25) is 0 Å². The number of aryl methyl sites for hydroxylation is 1. The highest BCUT2D eigenvalue weighted by molar-refractivity contribution is 7.09. The maximum absolute atomic E-state index is 11.6. The number of anilines is 1. The Bertz CT molecular complexity index is 571. The summed E-state index contributed by atoms with van der Waals surface area (Å²) in [6.45, 7) is 2.52. The van der Waals surface area contributed by atoms with Crippen molar-refractivity contribution in [3.05, 3.63) is 45.4 Å². The maximum atomic E-state index is 11.6. The van der Waals surface area contributed by atoms with Gasteiger partial charge in [-0.05, 0) is 25.1 Å². The minimum absolute atomic E-state index is 0.241. The average molecular weight is 296 g/mol. The SMILES string of the molecule is Cc1nc(CCNC(=O)Nc2cccc(Cl)c2)cs1. The smallest absolute Gasteiger partial charge is 0.319 e. The molecule has 0 aliphatic heterocycles. The molecular weight excluding hydrogens is 282 g/mol.